The molecule has 1 aliphatic rings. The van der Waals surface area contributed by atoms with E-state index < -0.39 is 29.5 Å². The average molecular weight is 355 g/mol. The topological polar surface area (TPSA) is 128 Å². The van der Waals surface area contributed by atoms with Crippen LogP contribution in [0.1, 0.15) is 25.0 Å². The van der Waals surface area contributed by atoms with Crippen LogP contribution in [0.5, 0.6) is 0 Å². The van der Waals surface area contributed by atoms with Crippen molar-refractivity contribution in [2.75, 3.05) is 7.05 Å². The Labute approximate surface area is 145 Å². The first-order valence-corrected chi connectivity index (χ1v) is 6.91. The number of carboxylic acids is 1. The lowest BCUT2D eigenvalue weighted by Gasteiger charge is -2.29. The van der Waals surface area contributed by atoms with Gasteiger partial charge in [0.05, 0.1) is 0 Å². The van der Waals surface area contributed by atoms with Crippen molar-refractivity contribution in [1.29, 1.82) is 5.41 Å². The molecule has 1 aromatic carbocycles. The number of nitrogen functional groups attached to an aromatic ring is 1. The number of carbonyl (C=O) groups is 3. The summed E-state index contributed by atoms with van der Waals surface area (Å²) in [5.41, 5.74) is 5.10. The van der Waals surface area contributed by atoms with Crippen molar-refractivity contribution < 1.29 is 19.5 Å². The third-order valence-corrected chi connectivity index (χ3v) is 4.30. The van der Waals surface area contributed by atoms with Crippen LogP contribution in [0.4, 0.5) is 4.79 Å². The SMILES string of the molecule is CC(C(=O)O)N1C(=O)N(C)C(C)(c2ccc(C(=N)N)cc2)C1=O.Cl. The second-order valence-corrected chi connectivity index (χ2v) is 5.59. The largest absolute Gasteiger partial charge is 0.480 e. The Balaban J connectivity index is 0.00000288. The van der Waals surface area contributed by atoms with Crippen LogP contribution in [-0.4, -0.2) is 51.7 Å². The molecule has 3 amide bonds. The number of nitrogens with zero attached hydrogens (tertiary/aromatic N) is 2. The normalized spacial score (nSPS) is 21.5. The quantitative estimate of drug-likeness (QED) is 0.421. The van der Waals surface area contributed by atoms with Gasteiger partial charge in [0.1, 0.15) is 17.4 Å². The summed E-state index contributed by atoms with van der Waals surface area (Å²) in [5, 5.41) is 16.5. The molecule has 1 heterocycles. The molecule has 0 radical (unpaired) electrons. The van der Waals surface area contributed by atoms with Crippen molar-refractivity contribution in [2.45, 2.75) is 25.4 Å². The van der Waals surface area contributed by atoms with E-state index in [1.54, 1.807) is 31.2 Å². The monoisotopic (exact) mass is 354 g/mol. The van der Waals surface area contributed by atoms with E-state index in [2.05, 4.69) is 0 Å². The zero-order valence-corrected chi connectivity index (χ0v) is 14.3. The van der Waals surface area contributed by atoms with Gasteiger partial charge in [-0.1, -0.05) is 24.3 Å². The van der Waals surface area contributed by atoms with Crippen LogP contribution in [0, 0.1) is 5.41 Å². The molecular formula is C15H19ClN4O4. The van der Waals surface area contributed by atoms with Crippen LogP contribution in [0.2, 0.25) is 0 Å². The summed E-state index contributed by atoms with van der Waals surface area (Å²) < 4.78 is 0. The number of benzene rings is 1. The number of likely N-dealkylation sites (N-methyl/N-ethyl adjacent to an activating group) is 1. The molecule has 1 aliphatic heterocycles. The summed E-state index contributed by atoms with van der Waals surface area (Å²) in [7, 11) is 1.45. The van der Waals surface area contributed by atoms with E-state index in [0.717, 1.165) is 4.90 Å². The van der Waals surface area contributed by atoms with Crippen molar-refractivity contribution in [3.63, 3.8) is 0 Å². The molecule has 1 aromatic rings. The van der Waals surface area contributed by atoms with Crippen LogP contribution >= 0.6 is 12.4 Å². The van der Waals surface area contributed by atoms with Gasteiger partial charge in [-0.25, -0.2) is 14.5 Å². The Hall–Kier alpha value is -2.61. The van der Waals surface area contributed by atoms with Gasteiger partial charge in [0.15, 0.2) is 0 Å². The van der Waals surface area contributed by atoms with Crippen LogP contribution in [0.15, 0.2) is 24.3 Å². The molecule has 2 unspecified atom stereocenters. The van der Waals surface area contributed by atoms with E-state index in [0.29, 0.717) is 11.1 Å². The molecule has 0 aliphatic carbocycles. The van der Waals surface area contributed by atoms with Gasteiger partial charge in [0.25, 0.3) is 5.91 Å². The molecule has 2 rings (SSSR count). The number of imide groups is 1. The smallest absolute Gasteiger partial charge is 0.328 e. The number of aliphatic carboxylic acids is 1. The van der Waals surface area contributed by atoms with E-state index in [-0.39, 0.29) is 18.2 Å². The van der Waals surface area contributed by atoms with Gasteiger partial charge in [-0.05, 0) is 19.4 Å². The number of carboxylic acid groups (broad SMARTS) is 1. The highest BCUT2D eigenvalue weighted by molar-refractivity contribution is 6.09. The molecule has 0 aromatic heterocycles. The van der Waals surface area contributed by atoms with Crippen molar-refractivity contribution in [2.24, 2.45) is 5.73 Å². The summed E-state index contributed by atoms with van der Waals surface area (Å²) >= 11 is 0. The summed E-state index contributed by atoms with van der Waals surface area (Å²) in [6.07, 6.45) is 0. The van der Waals surface area contributed by atoms with E-state index >= 15 is 0 Å². The van der Waals surface area contributed by atoms with E-state index in [1.807, 2.05) is 0 Å². The molecule has 130 valence electrons. The third-order valence-electron chi connectivity index (χ3n) is 4.30. The lowest BCUT2D eigenvalue weighted by atomic mass is 9.90. The van der Waals surface area contributed by atoms with Crippen molar-refractivity contribution in [3.05, 3.63) is 35.4 Å². The van der Waals surface area contributed by atoms with Crippen molar-refractivity contribution in [1.82, 2.24) is 9.80 Å². The van der Waals surface area contributed by atoms with Crippen LogP contribution in [0.3, 0.4) is 0 Å². The lowest BCUT2D eigenvalue weighted by molar-refractivity contribution is -0.147. The average Bonchev–Trinajstić information content (AvgIpc) is 2.68. The van der Waals surface area contributed by atoms with Crippen molar-refractivity contribution >= 4 is 36.2 Å². The van der Waals surface area contributed by atoms with Crippen LogP contribution in [-0.2, 0) is 15.1 Å². The molecule has 24 heavy (non-hydrogen) atoms. The minimum atomic E-state index is -1.31. The second kappa shape index (κ2) is 6.48. The fourth-order valence-electron chi connectivity index (χ4n) is 2.56. The zero-order chi connectivity index (χ0) is 17.5. The highest BCUT2D eigenvalue weighted by Crippen LogP contribution is 2.37. The molecule has 9 heteroatoms. The Morgan fingerprint density at radius 1 is 1.29 bits per heavy atom. The lowest BCUT2D eigenvalue weighted by Crippen LogP contribution is -2.45. The number of rotatable bonds is 4. The Kier molecular flexibility index (Phi) is 5.25. The molecule has 4 N–H and O–H groups in total. The maximum Gasteiger partial charge on any atom is 0.328 e. The first-order valence-electron chi connectivity index (χ1n) is 6.91. The maximum atomic E-state index is 12.7. The number of halogens is 1. The highest BCUT2D eigenvalue weighted by atomic mass is 35.5. The molecule has 1 saturated heterocycles. The second-order valence-electron chi connectivity index (χ2n) is 5.59. The fraction of sp³-hybridized carbons (Fsp3) is 0.333. The number of carbonyl (C=O) groups excluding carboxylic acids is 2. The zero-order valence-electron chi connectivity index (χ0n) is 13.4. The van der Waals surface area contributed by atoms with Gasteiger partial charge >= 0.3 is 12.0 Å². The van der Waals surface area contributed by atoms with E-state index in [1.165, 1.54) is 18.9 Å². The summed E-state index contributed by atoms with van der Waals surface area (Å²) in [6, 6.07) is 4.45. The minimum absolute atomic E-state index is 0. The van der Waals surface area contributed by atoms with Gasteiger partial charge in [-0.2, -0.15) is 0 Å². The molecular weight excluding hydrogens is 336 g/mol. The standard InChI is InChI=1S/C15H18N4O4.ClH/c1-8(12(20)21)19-13(22)15(2,18(3)14(19)23)10-6-4-9(5-7-10)11(16)17;/h4-8H,1-3H3,(H3,16,17)(H,20,21);1H. The van der Waals surface area contributed by atoms with Crippen LogP contribution in [0.25, 0.3) is 0 Å². The fourth-order valence-corrected chi connectivity index (χ4v) is 2.56. The molecule has 2 atom stereocenters. The van der Waals surface area contributed by atoms with Gasteiger partial charge in [-0.3, -0.25) is 10.2 Å². The Morgan fingerprint density at radius 3 is 2.21 bits per heavy atom. The van der Waals surface area contributed by atoms with Crippen molar-refractivity contribution in [3.8, 4) is 0 Å². The van der Waals surface area contributed by atoms with Gasteiger partial charge < -0.3 is 15.7 Å². The number of urea groups is 1. The summed E-state index contributed by atoms with van der Waals surface area (Å²) in [5.74, 6) is -1.96. The predicted molar refractivity (Wildman–Crippen MR) is 89.2 cm³/mol. The number of hydrogen-bond acceptors (Lipinski definition) is 4. The molecule has 8 nitrogen and oxygen atoms in total. The Bertz CT molecular complexity index is 706. The molecule has 0 spiro atoms. The number of amides is 3. The molecule has 0 bridgehead atoms. The summed E-state index contributed by atoms with van der Waals surface area (Å²) in [4.78, 5) is 38.2. The van der Waals surface area contributed by atoms with Gasteiger partial charge in [0.2, 0.25) is 0 Å². The molecule has 0 saturated carbocycles. The Morgan fingerprint density at radius 2 is 1.79 bits per heavy atom. The number of nitrogens with two attached hydrogens (primary N) is 1. The number of amidine groups is 1. The number of nitrogens with one attached hydrogen (secondary N) is 1. The van der Waals surface area contributed by atoms with E-state index in [4.69, 9.17) is 16.2 Å². The van der Waals surface area contributed by atoms with Gasteiger partial charge in [-0.15, -0.1) is 12.4 Å². The van der Waals surface area contributed by atoms with Crippen LogP contribution < -0.4 is 5.73 Å². The maximum absolute atomic E-state index is 12.7. The third kappa shape index (κ3) is 2.69. The highest BCUT2D eigenvalue weighted by Gasteiger charge is 2.55. The van der Waals surface area contributed by atoms with Gasteiger partial charge in [0, 0.05) is 12.6 Å². The van der Waals surface area contributed by atoms with E-state index in [9.17, 15) is 14.4 Å². The predicted octanol–water partition coefficient (Wildman–Crippen LogP) is 0.975. The first kappa shape index (κ1) is 19.4. The summed E-state index contributed by atoms with van der Waals surface area (Å²) in [6.45, 7) is 2.85. The molecule has 1 fully saturated rings. The minimum Gasteiger partial charge on any atom is -0.480 e. The first-order chi connectivity index (χ1) is 10.6. The number of hydrogen-bond donors (Lipinski definition) is 3.